The molecule has 0 aromatic heterocycles. The van der Waals surface area contributed by atoms with Gasteiger partial charge >= 0.3 is 17.9 Å². The molecule has 0 aromatic carbocycles. The summed E-state index contributed by atoms with van der Waals surface area (Å²) in [5.41, 5.74) is 0. The molecule has 1 atom stereocenters. The summed E-state index contributed by atoms with van der Waals surface area (Å²) in [6.07, 6.45) is 95.0. The lowest BCUT2D eigenvalue weighted by Crippen LogP contribution is -2.30. The molecular formula is C75H126O6. The maximum absolute atomic E-state index is 12.9. The molecule has 6 nitrogen and oxygen atoms in total. The fourth-order valence-electron chi connectivity index (χ4n) is 9.33. The van der Waals surface area contributed by atoms with Crippen molar-refractivity contribution in [3.05, 3.63) is 122 Å². The quantitative estimate of drug-likeness (QED) is 0.0261. The molecule has 462 valence electrons. The van der Waals surface area contributed by atoms with Gasteiger partial charge in [-0.05, 0) is 135 Å². The Morgan fingerprint density at radius 3 is 0.778 bits per heavy atom. The zero-order valence-electron chi connectivity index (χ0n) is 53.0. The molecule has 0 bridgehead atoms. The van der Waals surface area contributed by atoms with Gasteiger partial charge < -0.3 is 14.2 Å². The average Bonchev–Trinajstić information content (AvgIpc) is 3.47. The van der Waals surface area contributed by atoms with E-state index in [-0.39, 0.29) is 31.1 Å². The number of unbranched alkanes of at least 4 members (excludes halogenated alkanes) is 30. The summed E-state index contributed by atoms with van der Waals surface area (Å²) in [6.45, 7) is 6.50. The Morgan fingerprint density at radius 1 is 0.259 bits per heavy atom. The Bertz CT molecular complexity index is 1670. The largest absolute Gasteiger partial charge is 0.462 e. The predicted molar refractivity (Wildman–Crippen MR) is 353 cm³/mol. The average molecular weight is 1120 g/mol. The molecule has 6 heteroatoms. The number of ether oxygens (including phenoxy) is 3. The first-order valence-corrected chi connectivity index (χ1v) is 34.0. The first kappa shape index (κ1) is 76.8. The molecule has 0 saturated heterocycles. The van der Waals surface area contributed by atoms with Crippen LogP contribution >= 0.6 is 0 Å². The van der Waals surface area contributed by atoms with E-state index in [0.29, 0.717) is 19.3 Å². The molecule has 0 aliphatic carbocycles. The minimum absolute atomic E-state index is 0.0881. The molecule has 0 N–H and O–H groups in total. The van der Waals surface area contributed by atoms with E-state index >= 15 is 0 Å². The fourth-order valence-corrected chi connectivity index (χ4v) is 9.33. The number of allylic oxidation sites excluding steroid dienone is 20. The van der Waals surface area contributed by atoms with Crippen molar-refractivity contribution in [3.8, 4) is 0 Å². The molecule has 0 heterocycles. The van der Waals surface area contributed by atoms with Crippen LogP contribution in [0.4, 0.5) is 0 Å². The Hall–Kier alpha value is -4.19. The minimum Gasteiger partial charge on any atom is -0.462 e. The van der Waals surface area contributed by atoms with Gasteiger partial charge in [-0.2, -0.15) is 0 Å². The van der Waals surface area contributed by atoms with Crippen LogP contribution in [0, 0.1) is 0 Å². The second-order valence-electron chi connectivity index (χ2n) is 22.3. The first-order valence-electron chi connectivity index (χ1n) is 34.0. The van der Waals surface area contributed by atoms with Gasteiger partial charge in [-0.25, -0.2) is 0 Å². The Kier molecular flexibility index (Phi) is 64.8. The number of carbonyl (C=O) groups excluding carboxylic acids is 3. The molecule has 1 unspecified atom stereocenters. The third-order valence-corrected chi connectivity index (χ3v) is 14.4. The van der Waals surface area contributed by atoms with Crippen molar-refractivity contribution in [2.45, 2.75) is 322 Å². The van der Waals surface area contributed by atoms with E-state index in [0.717, 1.165) is 135 Å². The lowest BCUT2D eigenvalue weighted by atomic mass is 10.0. The van der Waals surface area contributed by atoms with Gasteiger partial charge in [0.2, 0.25) is 0 Å². The molecule has 81 heavy (non-hydrogen) atoms. The fraction of sp³-hybridized carbons (Fsp3) is 0.693. The van der Waals surface area contributed by atoms with Gasteiger partial charge in [0.15, 0.2) is 6.10 Å². The molecule has 0 aliphatic rings. The van der Waals surface area contributed by atoms with Crippen LogP contribution in [0.1, 0.15) is 316 Å². The highest BCUT2D eigenvalue weighted by Gasteiger charge is 2.19. The van der Waals surface area contributed by atoms with Crippen LogP contribution < -0.4 is 0 Å². The molecule has 0 fully saturated rings. The van der Waals surface area contributed by atoms with Crippen molar-refractivity contribution in [2.24, 2.45) is 0 Å². The van der Waals surface area contributed by atoms with Crippen LogP contribution in [-0.4, -0.2) is 37.2 Å². The third-order valence-electron chi connectivity index (χ3n) is 14.4. The summed E-state index contributed by atoms with van der Waals surface area (Å²) in [6, 6.07) is 0. The summed E-state index contributed by atoms with van der Waals surface area (Å²) in [7, 11) is 0. The van der Waals surface area contributed by atoms with Crippen molar-refractivity contribution in [3.63, 3.8) is 0 Å². The summed E-state index contributed by atoms with van der Waals surface area (Å²) in [4.78, 5) is 38.3. The van der Waals surface area contributed by atoms with Gasteiger partial charge in [-0.15, -0.1) is 0 Å². The molecule has 0 saturated carbocycles. The second-order valence-corrected chi connectivity index (χ2v) is 22.3. The topological polar surface area (TPSA) is 78.9 Å². The van der Waals surface area contributed by atoms with Crippen molar-refractivity contribution in [1.82, 2.24) is 0 Å². The molecule has 0 rings (SSSR count). The minimum atomic E-state index is -0.793. The number of hydrogen-bond donors (Lipinski definition) is 0. The zero-order chi connectivity index (χ0) is 58.5. The van der Waals surface area contributed by atoms with E-state index in [1.54, 1.807) is 0 Å². The molecular weight excluding hydrogens is 997 g/mol. The number of carbonyl (C=O) groups is 3. The summed E-state index contributed by atoms with van der Waals surface area (Å²) in [5.74, 6) is -0.905. The van der Waals surface area contributed by atoms with Crippen LogP contribution in [0.2, 0.25) is 0 Å². The first-order chi connectivity index (χ1) is 40.0. The zero-order valence-corrected chi connectivity index (χ0v) is 53.0. The summed E-state index contributed by atoms with van der Waals surface area (Å²) in [5, 5.41) is 0. The summed E-state index contributed by atoms with van der Waals surface area (Å²) < 4.78 is 16.9. The second kappa shape index (κ2) is 68.3. The molecule has 0 spiro atoms. The highest BCUT2D eigenvalue weighted by Crippen LogP contribution is 2.16. The van der Waals surface area contributed by atoms with Crippen molar-refractivity contribution < 1.29 is 28.6 Å². The van der Waals surface area contributed by atoms with Crippen LogP contribution in [-0.2, 0) is 28.6 Å². The Labute approximate surface area is 501 Å². The standard InChI is InChI=1S/C75H126O6/c1-4-7-10-13-16-19-22-25-28-30-31-32-33-34-35-36-37-38-39-40-41-42-43-44-45-46-48-50-53-56-59-62-65-68-74(77)80-71-72(70-79-73(76)67-64-61-58-55-52-49-27-24-21-18-15-12-9-6-3)81-75(78)69-66-63-60-57-54-51-47-29-26-23-20-17-14-11-8-5-2/h7,10,16,19-20,23-25,27-29,31-32,34-35,37-38,40-41,47,72H,4-6,8-9,11-15,17-18,21-22,26,30,33,36,39,42-46,48-71H2,1-3H3/b10-7-,19-16-,23-20-,27-24-,28-25-,32-31-,35-34-,38-37-,41-40-,47-29-. The maximum Gasteiger partial charge on any atom is 0.306 e. The predicted octanol–water partition coefficient (Wildman–Crippen LogP) is 23.6. The van der Waals surface area contributed by atoms with E-state index in [1.807, 2.05) is 0 Å². The van der Waals surface area contributed by atoms with Crippen LogP contribution in [0.5, 0.6) is 0 Å². The number of esters is 3. The monoisotopic (exact) mass is 1120 g/mol. The molecule has 0 radical (unpaired) electrons. The van der Waals surface area contributed by atoms with Gasteiger partial charge in [0.1, 0.15) is 13.2 Å². The molecule has 0 aliphatic heterocycles. The van der Waals surface area contributed by atoms with E-state index in [4.69, 9.17) is 14.2 Å². The number of hydrogen-bond acceptors (Lipinski definition) is 6. The van der Waals surface area contributed by atoms with Gasteiger partial charge in [0.05, 0.1) is 0 Å². The lowest BCUT2D eigenvalue weighted by molar-refractivity contribution is -0.167. The highest BCUT2D eigenvalue weighted by molar-refractivity contribution is 5.71. The van der Waals surface area contributed by atoms with Gasteiger partial charge in [-0.3, -0.25) is 14.4 Å². The Balaban J connectivity index is 4.27. The third kappa shape index (κ3) is 66.5. The Morgan fingerprint density at radius 2 is 0.481 bits per heavy atom. The van der Waals surface area contributed by atoms with Gasteiger partial charge in [0.25, 0.3) is 0 Å². The lowest BCUT2D eigenvalue weighted by Gasteiger charge is -2.18. The van der Waals surface area contributed by atoms with Crippen molar-refractivity contribution in [1.29, 1.82) is 0 Å². The summed E-state index contributed by atoms with van der Waals surface area (Å²) >= 11 is 0. The normalized spacial score (nSPS) is 12.9. The van der Waals surface area contributed by atoms with Crippen LogP contribution in [0.3, 0.4) is 0 Å². The van der Waals surface area contributed by atoms with E-state index in [2.05, 4.69) is 142 Å². The van der Waals surface area contributed by atoms with E-state index in [9.17, 15) is 14.4 Å². The van der Waals surface area contributed by atoms with Crippen molar-refractivity contribution >= 4 is 17.9 Å². The van der Waals surface area contributed by atoms with Crippen molar-refractivity contribution in [2.75, 3.05) is 13.2 Å². The van der Waals surface area contributed by atoms with Crippen LogP contribution in [0.25, 0.3) is 0 Å². The maximum atomic E-state index is 12.9. The van der Waals surface area contributed by atoms with E-state index in [1.165, 1.54) is 141 Å². The highest BCUT2D eigenvalue weighted by atomic mass is 16.6. The van der Waals surface area contributed by atoms with Gasteiger partial charge in [-0.1, -0.05) is 284 Å². The van der Waals surface area contributed by atoms with Gasteiger partial charge in [0, 0.05) is 19.3 Å². The molecule has 0 aromatic rings. The van der Waals surface area contributed by atoms with Crippen LogP contribution in [0.15, 0.2) is 122 Å². The smallest absolute Gasteiger partial charge is 0.306 e. The SMILES string of the molecule is CC/C=C\C/C=C\C/C=C\C/C=C\C/C=C\C/C=C\C/C=C\CCCCCCCCCCCCCC(=O)OCC(COC(=O)CCCCCCC/C=C\CCCCCCC)OC(=O)CCCCCCC/C=C\C/C=C\CCCCCC. The van der Waals surface area contributed by atoms with E-state index < -0.39 is 6.10 Å². The molecule has 0 amide bonds. The number of rotatable bonds is 61.